The number of nitrogens with zero attached hydrogens (tertiary/aromatic N) is 5. The molecule has 2 heterocycles. The Morgan fingerprint density at radius 3 is 2.27 bits per heavy atom. The highest BCUT2D eigenvalue weighted by Crippen LogP contribution is 2.26. The molecule has 7 nitrogen and oxygen atoms in total. The Balaban J connectivity index is 0.000000819. The normalized spacial score (nSPS) is 13.9. The highest BCUT2D eigenvalue weighted by atomic mass is 16.3. The van der Waals surface area contributed by atoms with Gasteiger partial charge in [0.1, 0.15) is 17.9 Å². The van der Waals surface area contributed by atoms with E-state index in [9.17, 15) is 5.11 Å². The van der Waals surface area contributed by atoms with Gasteiger partial charge in [-0.05, 0) is 38.1 Å². The molecule has 3 rings (SSSR count). The molecule has 0 aliphatic carbocycles. The Morgan fingerprint density at radius 1 is 1.09 bits per heavy atom. The number of nitrogens with one attached hydrogen (secondary N) is 1. The number of rotatable bonds is 4. The molecule has 0 amide bonds. The average Bonchev–Trinajstić information content (AvgIpc) is 2.81. The van der Waals surface area contributed by atoms with Crippen molar-refractivity contribution in [3.8, 4) is 17.0 Å². The zero-order chi connectivity index (χ0) is 24.6. The Morgan fingerprint density at radius 2 is 1.73 bits per heavy atom. The van der Waals surface area contributed by atoms with E-state index in [1.807, 2.05) is 26.0 Å². The monoisotopic (exact) mass is 452 g/mol. The second kappa shape index (κ2) is 15.7. The highest BCUT2D eigenvalue weighted by Gasteiger charge is 2.12. The minimum atomic E-state index is 0.109. The summed E-state index contributed by atoms with van der Waals surface area (Å²) < 4.78 is 0. The number of amidine groups is 1. The van der Waals surface area contributed by atoms with Crippen molar-refractivity contribution in [2.75, 3.05) is 26.2 Å². The molecule has 1 aliphatic rings. The number of aromatic hydroxyl groups is 1. The molecule has 0 bridgehead atoms. The highest BCUT2D eigenvalue weighted by molar-refractivity contribution is 6.10. The van der Waals surface area contributed by atoms with Crippen LogP contribution in [0.2, 0.25) is 0 Å². The molecule has 7 heteroatoms. The van der Waals surface area contributed by atoms with E-state index in [1.54, 1.807) is 18.2 Å². The van der Waals surface area contributed by atoms with E-state index < -0.39 is 0 Å². The van der Waals surface area contributed by atoms with Gasteiger partial charge in [-0.15, -0.1) is 10.2 Å². The zero-order valence-corrected chi connectivity index (χ0v) is 21.1. The van der Waals surface area contributed by atoms with Crippen LogP contribution in [0.15, 0.2) is 53.5 Å². The second-order valence-electron chi connectivity index (χ2n) is 7.76. The Bertz CT molecular complexity index is 915. The molecule has 1 aliphatic heterocycles. The van der Waals surface area contributed by atoms with E-state index in [-0.39, 0.29) is 5.75 Å². The lowest BCUT2D eigenvalue weighted by atomic mass is 10.0. The molecule has 2 aromatic rings. The van der Waals surface area contributed by atoms with Gasteiger partial charge in [-0.25, -0.2) is 9.97 Å². The predicted octanol–water partition coefficient (Wildman–Crippen LogP) is 5.20. The number of aryl methyl sites for hydroxylation is 1. The van der Waals surface area contributed by atoms with Crippen molar-refractivity contribution in [1.29, 1.82) is 0 Å². The maximum atomic E-state index is 10.5. The van der Waals surface area contributed by atoms with E-state index in [4.69, 9.17) is 0 Å². The first-order valence-electron chi connectivity index (χ1n) is 11.7. The first kappa shape index (κ1) is 28.0. The first-order chi connectivity index (χ1) is 15.9. The third kappa shape index (κ3) is 9.53. The van der Waals surface area contributed by atoms with Gasteiger partial charge in [0.05, 0.1) is 11.4 Å². The molecular formula is C26H40N6O. The summed E-state index contributed by atoms with van der Waals surface area (Å²) in [6.07, 6.45) is 5.61. The van der Waals surface area contributed by atoms with Crippen LogP contribution in [0.3, 0.4) is 0 Å². The third-order valence-corrected chi connectivity index (χ3v) is 4.44. The summed E-state index contributed by atoms with van der Waals surface area (Å²) in [6, 6.07) is 7.24. The summed E-state index contributed by atoms with van der Waals surface area (Å²) in [7, 11) is 0. The number of hydrogen-bond donors (Lipinski definition) is 2. The topological polar surface area (TPSA) is 86.0 Å². The van der Waals surface area contributed by atoms with Crippen molar-refractivity contribution in [1.82, 2.24) is 20.2 Å². The van der Waals surface area contributed by atoms with Gasteiger partial charge in [0.15, 0.2) is 0 Å². The second-order valence-corrected chi connectivity index (χ2v) is 7.76. The van der Waals surface area contributed by atoms with Gasteiger partial charge in [0.25, 0.3) is 0 Å². The molecule has 1 aromatic carbocycles. The van der Waals surface area contributed by atoms with Crippen LogP contribution in [0, 0.1) is 6.92 Å². The van der Waals surface area contributed by atoms with Gasteiger partial charge >= 0.3 is 0 Å². The largest absolute Gasteiger partial charge is 0.507 e. The molecule has 1 fully saturated rings. The zero-order valence-electron chi connectivity index (χ0n) is 21.1. The maximum absolute atomic E-state index is 10.5. The number of allylic oxidation sites excluding steroid dienone is 1. The number of aromatic nitrogens is 2. The van der Waals surface area contributed by atoms with Crippen molar-refractivity contribution in [3.05, 3.63) is 54.5 Å². The molecule has 0 atom stereocenters. The van der Waals surface area contributed by atoms with E-state index in [1.165, 1.54) is 19.2 Å². The van der Waals surface area contributed by atoms with Crippen LogP contribution in [0.4, 0.5) is 0 Å². The number of piperazine rings is 1. The number of hydrogen-bond acceptors (Lipinski definition) is 6. The average molecular weight is 453 g/mol. The van der Waals surface area contributed by atoms with Crippen LogP contribution in [0.1, 0.15) is 58.7 Å². The number of phenolic OH excluding ortho intramolecular Hbond substituents is 1. The van der Waals surface area contributed by atoms with Crippen molar-refractivity contribution < 1.29 is 5.11 Å². The lowest BCUT2D eigenvalue weighted by Crippen LogP contribution is -2.45. The fraction of sp³-hybridized carbons (Fsp3) is 0.462. The van der Waals surface area contributed by atoms with Crippen molar-refractivity contribution in [3.63, 3.8) is 0 Å². The predicted molar refractivity (Wildman–Crippen MR) is 140 cm³/mol. The molecule has 1 aromatic heterocycles. The summed E-state index contributed by atoms with van der Waals surface area (Å²) in [5.74, 6) is 0.959. The van der Waals surface area contributed by atoms with Gasteiger partial charge < -0.3 is 15.3 Å². The smallest absolute Gasteiger partial charge is 0.125 e. The van der Waals surface area contributed by atoms with E-state index in [0.29, 0.717) is 11.3 Å². The van der Waals surface area contributed by atoms with Gasteiger partial charge in [-0.2, -0.15) is 0 Å². The Labute approximate surface area is 199 Å². The van der Waals surface area contributed by atoms with E-state index in [0.717, 1.165) is 49.0 Å². The van der Waals surface area contributed by atoms with Gasteiger partial charge in [0.2, 0.25) is 0 Å². The molecule has 0 saturated carbocycles. The first-order valence-corrected chi connectivity index (χ1v) is 11.7. The van der Waals surface area contributed by atoms with Gasteiger partial charge in [-0.3, -0.25) is 0 Å². The van der Waals surface area contributed by atoms with Crippen LogP contribution in [0.25, 0.3) is 11.3 Å². The standard InChI is InChI=1S/C20H24N6O.2C3H8/c1-4-18(25-24-15(3)26-9-7-21-8-10-26)17-6-5-16(12-20(17)27)19-11-14(2)22-13-23-19;2*1-3-2/h4-6,11-13,21,27H,1,7-10H2,2-3H3;2*3H2,1-2H3/b24-15+,25-18+;;. The Hall–Kier alpha value is -3.06. The van der Waals surface area contributed by atoms with Gasteiger partial charge in [-0.1, -0.05) is 53.2 Å². The van der Waals surface area contributed by atoms with Crippen molar-refractivity contribution in [2.45, 2.75) is 54.4 Å². The minimum absolute atomic E-state index is 0.109. The van der Waals surface area contributed by atoms with Crippen molar-refractivity contribution in [2.24, 2.45) is 10.2 Å². The van der Waals surface area contributed by atoms with Crippen LogP contribution in [-0.2, 0) is 0 Å². The maximum Gasteiger partial charge on any atom is 0.125 e. The van der Waals surface area contributed by atoms with Crippen LogP contribution in [0.5, 0.6) is 5.75 Å². The van der Waals surface area contributed by atoms with Gasteiger partial charge in [0, 0.05) is 43.0 Å². The Kier molecular flexibility index (Phi) is 13.3. The fourth-order valence-electron chi connectivity index (χ4n) is 2.90. The summed E-state index contributed by atoms with van der Waals surface area (Å²) >= 11 is 0. The summed E-state index contributed by atoms with van der Waals surface area (Å²) in [5, 5.41) is 22.4. The van der Waals surface area contributed by atoms with E-state index in [2.05, 4.69) is 64.7 Å². The minimum Gasteiger partial charge on any atom is -0.507 e. The SMILES string of the molecule is C=C/C(=N\N=C(/C)N1CCNCC1)c1ccc(-c2cc(C)ncn2)cc1O.CCC.CCC. The van der Waals surface area contributed by atoms with E-state index >= 15 is 0 Å². The summed E-state index contributed by atoms with van der Waals surface area (Å²) in [5.41, 5.74) is 3.54. The molecule has 1 saturated heterocycles. The number of benzene rings is 1. The molecule has 0 radical (unpaired) electrons. The fourth-order valence-corrected chi connectivity index (χ4v) is 2.90. The molecule has 33 heavy (non-hydrogen) atoms. The third-order valence-electron chi connectivity index (χ3n) is 4.44. The molecule has 180 valence electrons. The van der Waals surface area contributed by atoms with Crippen LogP contribution >= 0.6 is 0 Å². The molecular weight excluding hydrogens is 412 g/mol. The summed E-state index contributed by atoms with van der Waals surface area (Å²) in [4.78, 5) is 10.5. The quantitative estimate of drug-likeness (QED) is 0.378. The lowest BCUT2D eigenvalue weighted by molar-refractivity contribution is 0.355. The molecule has 0 unspecified atom stereocenters. The van der Waals surface area contributed by atoms with Crippen LogP contribution < -0.4 is 5.32 Å². The lowest BCUT2D eigenvalue weighted by Gasteiger charge is -2.28. The molecule has 0 spiro atoms. The summed E-state index contributed by atoms with van der Waals surface area (Å²) in [6.45, 7) is 19.8. The number of phenols is 1. The molecule has 2 N–H and O–H groups in total. The van der Waals surface area contributed by atoms with Crippen molar-refractivity contribution >= 4 is 11.5 Å². The van der Waals surface area contributed by atoms with Crippen LogP contribution in [-0.4, -0.2) is 57.7 Å².